The number of hydrogen-bond donors (Lipinski definition) is 2. The van der Waals surface area contributed by atoms with Crippen LogP contribution in [0, 0.1) is 17.8 Å². The van der Waals surface area contributed by atoms with Crippen molar-refractivity contribution in [1.29, 1.82) is 0 Å². The first-order chi connectivity index (χ1) is 8.26. The fraction of sp³-hybridized carbons (Fsp3) is 0.500. The third-order valence-electron chi connectivity index (χ3n) is 4.07. The molecule has 0 heterocycles. The SMILES string of the molecule is NCc1ccc(NC(=O)C2CC3CC3C2)cc1. The number of hydrogen-bond acceptors (Lipinski definition) is 2. The highest BCUT2D eigenvalue weighted by atomic mass is 16.1. The Kier molecular flexibility index (Phi) is 2.63. The molecule has 2 saturated carbocycles. The van der Waals surface area contributed by atoms with Crippen LogP contribution < -0.4 is 11.1 Å². The third-order valence-corrected chi connectivity index (χ3v) is 4.07. The summed E-state index contributed by atoms with van der Waals surface area (Å²) in [5, 5.41) is 3.00. The zero-order chi connectivity index (χ0) is 11.8. The van der Waals surface area contributed by atoms with E-state index < -0.39 is 0 Å². The molecule has 2 aliphatic carbocycles. The average Bonchev–Trinajstić information content (AvgIpc) is 2.97. The first-order valence-electron chi connectivity index (χ1n) is 6.36. The van der Waals surface area contributed by atoms with Crippen LogP contribution in [0.4, 0.5) is 5.69 Å². The molecule has 90 valence electrons. The molecule has 3 nitrogen and oxygen atoms in total. The molecule has 2 aliphatic rings. The first-order valence-corrected chi connectivity index (χ1v) is 6.36. The minimum atomic E-state index is 0.192. The van der Waals surface area contributed by atoms with E-state index in [0.717, 1.165) is 35.9 Å². The Balaban J connectivity index is 1.59. The smallest absolute Gasteiger partial charge is 0.227 e. The van der Waals surface area contributed by atoms with Gasteiger partial charge in [-0.25, -0.2) is 0 Å². The second-order valence-electron chi connectivity index (χ2n) is 5.31. The first kappa shape index (κ1) is 10.8. The van der Waals surface area contributed by atoms with Crippen molar-refractivity contribution in [2.75, 3.05) is 5.32 Å². The van der Waals surface area contributed by atoms with Gasteiger partial charge in [0, 0.05) is 18.2 Å². The summed E-state index contributed by atoms with van der Waals surface area (Å²) >= 11 is 0. The summed E-state index contributed by atoms with van der Waals surface area (Å²) in [4.78, 5) is 12.0. The van der Waals surface area contributed by atoms with Crippen molar-refractivity contribution in [2.45, 2.75) is 25.8 Å². The van der Waals surface area contributed by atoms with Crippen molar-refractivity contribution < 1.29 is 4.79 Å². The largest absolute Gasteiger partial charge is 0.326 e. The minimum absolute atomic E-state index is 0.192. The minimum Gasteiger partial charge on any atom is -0.326 e. The van der Waals surface area contributed by atoms with E-state index >= 15 is 0 Å². The van der Waals surface area contributed by atoms with Gasteiger partial charge in [0.15, 0.2) is 0 Å². The highest BCUT2D eigenvalue weighted by Gasteiger charge is 2.47. The van der Waals surface area contributed by atoms with Gasteiger partial charge in [-0.3, -0.25) is 4.79 Å². The van der Waals surface area contributed by atoms with Gasteiger partial charge in [-0.15, -0.1) is 0 Å². The van der Waals surface area contributed by atoms with Gasteiger partial charge in [-0.2, -0.15) is 0 Å². The lowest BCUT2D eigenvalue weighted by molar-refractivity contribution is -0.120. The average molecular weight is 230 g/mol. The maximum atomic E-state index is 12.0. The van der Waals surface area contributed by atoms with Crippen molar-refractivity contribution in [3.05, 3.63) is 29.8 Å². The summed E-state index contributed by atoms with van der Waals surface area (Å²) in [6.45, 7) is 0.542. The van der Waals surface area contributed by atoms with Crippen LogP contribution >= 0.6 is 0 Å². The molecule has 0 radical (unpaired) electrons. The van der Waals surface area contributed by atoms with Crippen LogP contribution in [0.2, 0.25) is 0 Å². The van der Waals surface area contributed by atoms with Gasteiger partial charge in [-0.1, -0.05) is 12.1 Å². The van der Waals surface area contributed by atoms with Gasteiger partial charge in [-0.05, 0) is 48.8 Å². The van der Waals surface area contributed by atoms with E-state index in [-0.39, 0.29) is 11.8 Å². The van der Waals surface area contributed by atoms with Crippen LogP contribution in [0.15, 0.2) is 24.3 Å². The normalized spacial score (nSPS) is 29.8. The number of nitrogens with one attached hydrogen (secondary N) is 1. The van der Waals surface area contributed by atoms with E-state index in [4.69, 9.17) is 5.73 Å². The highest BCUT2D eigenvalue weighted by molar-refractivity contribution is 5.92. The van der Waals surface area contributed by atoms with Gasteiger partial charge in [0.1, 0.15) is 0 Å². The predicted molar refractivity (Wildman–Crippen MR) is 67.3 cm³/mol. The van der Waals surface area contributed by atoms with Crippen LogP contribution in [-0.4, -0.2) is 5.91 Å². The quantitative estimate of drug-likeness (QED) is 0.835. The molecular weight excluding hydrogens is 212 g/mol. The lowest BCUT2D eigenvalue weighted by atomic mass is 10.0. The molecule has 17 heavy (non-hydrogen) atoms. The van der Waals surface area contributed by atoms with Crippen LogP contribution in [0.5, 0.6) is 0 Å². The molecule has 1 aromatic carbocycles. The topological polar surface area (TPSA) is 55.1 Å². The van der Waals surface area contributed by atoms with Crippen LogP contribution in [0.1, 0.15) is 24.8 Å². The van der Waals surface area contributed by atoms with Crippen molar-refractivity contribution in [3.8, 4) is 0 Å². The third kappa shape index (κ3) is 2.20. The summed E-state index contributed by atoms with van der Waals surface area (Å²) in [5.41, 5.74) is 7.50. The van der Waals surface area contributed by atoms with Crippen molar-refractivity contribution >= 4 is 11.6 Å². The number of benzene rings is 1. The number of rotatable bonds is 3. The molecule has 2 atom stereocenters. The Morgan fingerprint density at radius 3 is 2.41 bits per heavy atom. The zero-order valence-corrected chi connectivity index (χ0v) is 9.86. The molecule has 2 fully saturated rings. The van der Waals surface area contributed by atoms with Gasteiger partial charge < -0.3 is 11.1 Å². The second kappa shape index (κ2) is 4.15. The molecule has 1 amide bonds. The molecule has 0 aliphatic heterocycles. The Morgan fingerprint density at radius 2 is 1.82 bits per heavy atom. The highest BCUT2D eigenvalue weighted by Crippen LogP contribution is 2.54. The molecule has 2 unspecified atom stereocenters. The van der Waals surface area contributed by atoms with Gasteiger partial charge in [0.25, 0.3) is 0 Å². The Bertz CT molecular complexity index is 416. The zero-order valence-electron chi connectivity index (χ0n) is 9.86. The van der Waals surface area contributed by atoms with Crippen molar-refractivity contribution in [2.24, 2.45) is 23.5 Å². The predicted octanol–water partition coefficient (Wildman–Crippen LogP) is 2.13. The van der Waals surface area contributed by atoms with E-state index in [2.05, 4.69) is 5.32 Å². The van der Waals surface area contributed by atoms with E-state index in [1.54, 1.807) is 0 Å². The number of fused-ring (bicyclic) bond motifs is 1. The molecular formula is C14H18N2O. The summed E-state index contributed by atoms with van der Waals surface area (Å²) in [6.07, 6.45) is 3.55. The fourth-order valence-electron chi connectivity index (χ4n) is 2.90. The lowest BCUT2D eigenvalue weighted by Crippen LogP contribution is -2.21. The fourth-order valence-corrected chi connectivity index (χ4v) is 2.90. The van der Waals surface area contributed by atoms with Crippen LogP contribution in [0.25, 0.3) is 0 Å². The van der Waals surface area contributed by atoms with Crippen LogP contribution in [-0.2, 0) is 11.3 Å². The summed E-state index contributed by atoms with van der Waals surface area (Å²) in [6, 6.07) is 7.77. The molecule has 3 N–H and O–H groups in total. The lowest BCUT2D eigenvalue weighted by Gasteiger charge is -2.12. The molecule has 1 aromatic rings. The van der Waals surface area contributed by atoms with Gasteiger partial charge >= 0.3 is 0 Å². The van der Waals surface area contributed by atoms with Gasteiger partial charge in [0.2, 0.25) is 5.91 Å². The number of carbonyl (C=O) groups excluding carboxylic acids is 1. The molecule has 3 rings (SSSR count). The second-order valence-corrected chi connectivity index (χ2v) is 5.31. The van der Waals surface area contributed by atoms with Gasteiger partial charge in [0.05, 0.1) is 0 Å². The number of amides is 1. The monoisotopic (exact) mass is 230 g/mol. The molecule has 0 aromatic heterocycles. The summed E-state index contributed by atoms with van der Waals surface area (Å²) in [5.74, 6) is 2.14. The number of nitrogens with two attached hydrogens (primary N) is 1. The maximum Gasteiger partial charge on any atom is 0.227 e. The van der Waals surface area contributed by atoms with E-state index in [1.165, 1.54) is 6.42 Å². The molecule has 0 saturated heterocycles. The van der Waals surface area contributed by atoms with Crippen molar-refractivity contribution in [3.63, 3.8) is 0 Å². The van der Waals surface area contributed by atoms with Crippen molar-refractivity contribution in [1.82, 2.24) is 0 Å². The Morgan fingerprint density at radius 1 is 1.18 bits per heavy atom. The summed E-state index contributed by atoms with van der Waals surface area (Å²) in [7, 11) is 0. The Labute approximate surface area is 101 Å². The molecule has 0 bridgehead atoms. The number of carbonyl (C=O) groups is 1. The molecule has 0 spiro atoms. The van der Waals surface area contributed by atoms with E-state index in [0.29, 0.717) is 6.54 Å². The standard InChI is InChI=1S/C14H18N2O/c15-8-9-1-3-13(4-2-9)16-14(17)12-6-10-5-11(10)7-12/h1-4,10-12H,5-8,15H2,(H,16,17). The summed E-state index contributed by atoms with van der Waals surface area (Å²) < 4.78 is 0. The van der Waals surface area contributed by atoms with E-state index in [1.807, 2.05) is 24.3 Å². The Hall–Kier alpha value is -1.35. The molecule has 3 heteroatoms. The maximum absolute atomic E-state index is 12.0. The van der Waals surface area contributed by atoms with E-state index in [9.17, 15) is 4.79 Å². The van der Waals surface area contributed by atoms with Crippen LogP contribution in [0.3, 0.4) is 0 Å². The number of anilines is 1.